The number of hydrogen-bond acceptors (Lipinski definition) is 1. The Labute approximate surface area is 110 Å². The quantitative estimate of drug-likeness (QED) is 0.757. The molecule has 0 amide bonds. The number of carbonyl (C=O) groups is 1. The van der Waals surface area contributed by atoms with E-state index in [0.717, 1.165) is 11.1 Å². The monoisotopic (exact) mass is 262 g/mol. The Morgan fingerprint density at radius 3 is 2.72 bits per heavy atom. The van der Waals surface area contributed by atoms with Crippen LogP contribution < -0.4 is 0 Å². The van der Waals surface area contributed by atoms with Crippen LogP contribution in [0.3, 0.4) is 0 Å². The number of benzene rings is 2. The molecule has 0 saturated carbocycles. The highest BCUT2D eigenvalue weighted by atomic mass is 35.5. The Kier molecular flexibility index (Phi) is 3.78. The molecule has 0 fully saturated rings. The van der Waals surface area contributed by atoms with E-state index in [1.54, 1.807) is 0 Å². The van der Waals surface area contributed by atoms with Crippen LogP contribution in [0.5, 0.6) is 0 Å². The Bertz CT molecular complexity index is 593. The van der Waals surface area contributed by atoms with Crippen molar-refractivity contribution in [1.82, 2.24) is 0 Å². The predicted octanol–water partition coefficient (Wildman–Crippen LogP) is 4.21. The van der Waals surface area contributed by atoms with Crippen LogP contribution in [0.4, 0.5) is 4.39 Å². The summed E-state index contributed by atoms with van der Waals surface area (Å²) in [6.07, 6.45) is 0.227. The summed E-state index contributed by atoms with van der Waals surface area (Å²) in [6.45, 7) is 1.96. The summed E-state index contributed by atoms with van der Waals surface area (Å²) in [5.74, 6) is -0.628. The Morgan fingerprint density at radius 2 is 2.00 bits per heavy atom. The first-order valence-electron chi connectivity index (χ1n) is 5.60. The van der Waals surface area contributed by atoms with Gasteiger partial charge in [-0.3, -0.25) is 4.79 Å². The standard InChI is InChI=1S/C15H12ClFO/c1-10-3-2-4-11(7-10)8-15(18)13-9-12(17)5-6-14(13)16/h2-7,9H,8H2,1H3. The summed E-state index contributed by atoms with van der Waals surface area (Å²) >= 11 is 5.90. The lowest BCUT2D eigenvalue weighted by Gasteiger charge is -2.05. The second-order valence-corrected chi connectivity index (χ2v) is 4.62. The Morgan fingerprint density at radius 1 is 1.22 bits per heavy atom. The third kappa shape index (κ3) is 2.96. The van der Waals surface area contributed by atoms with E-state index in [2.05, 4.69) is 0 Å². The second-order valence-electron chi connectivity index (χ2n) is 4.21. The van der Waals surface area contributed by atoms with Gasteiger partial charge in [-0.1, -0.05) is 41.4 Å². The van der Waals surface area contributed by atoms with Gasteiger partial charge < -0.3 is 0 Å². The minimum Gasteiger partial charge on any atom is -0.294 e. The van der Waals surface area contributed by atoms with Crippen molar-refractivity contribution in [1.29, 1.82) is 0 Å². The fourth-order valence-electron chi connectivity index (χ4n) is 1.81. The van der Waals surface area contributed by atoms with Crippen LogP contribution in [-0.4, -0.2) is 5.78 Å². The molecule has 18 heavy (non-hydrogen) atoms. The summed E-state index contributed by atoms with van der Waals surface area (Å²) < 4.78 is 13.1. The zero-order valence-electron chi connectivity index (χ0n) is 9.91. The molecular formula is C15H12ClFO. The lowest BCUT2D eigenvalue weighted by Crippen LogP contribution is -2.05. The van der Waals surface area contributed by atoms with Gasteiger partial charge >= 0.3 is 0 Å². The lowest BCUT2D eigenvalue weighted by molar-refractivity contribution is 0.0992. The summed E-state index contributed by atoms with van der Waals surface area (Å²) in [7, 11) is 0. The van der Waals surface area contributed by atoms with Gasteiger partial charge in [0.25, 0.3) is 0 Å². The molecule has 0 spiro atoms. The summed E-state index contributed by atoms with van der Waals surface area (Å²) in [5, 5.41) is 0.286. The van der Waals surface area contributed by atoms with Crippen molar-refractivity contribution in [2.75, 3.05) is 0 Å². The molecule has 0 heterocycles. The molecule has 92 valence electrons. The van der Waals surface area contributed by atoms with Gasteiger partial charge in [-0.05, 0) is 30.7 Å². The molecular weight excluding hydrogens is 251 g/mol. The van der Waals surface area contributed by atoms with E-state index >= 15 is 0 Å². The number of ketones is 1. The Balaban J connectivity index is 2.24. The molecule has 0 aliphatic rings. The fourth-order valence-corrected chi connectivity index (χ4v) is 2.04. The first-order valence-corrected chi connectivity index (χ1v) is 5.98. The third-order valence-corrected chi connectivity index (χ3v) is 3.01. The minimum absolute atomic E-state index is 0.176. The van der Waals surface area contributed by atoms with E-state index in [1.165, 1.54) is 18.2 Å². The number of hydrogen-bond donors (Lipinski definition) is 0. The predicted molar refractivity (Wildman–Crippen MR) is 70.6 cm³/mol. The molecule has 0 atom stereocenters. The van der Waals surface area contributed by atoms with Crippen molar-refractivity contribution in [2.45, 2.75) is 13.3 Å². The lowest BCUT2D eigenvalue weighted by atomic mass is 10.0. The topological polar surface area (TPSA) is 17.1 Å². The van der Waals surface area contributed by atoms with Crippen molar-refractivity contribution in [3.63, 3.8) is 0 Å². The summed E-state index contributed by atoms with van der Waals surface area (Å²) in [6, 6.07) is 11.5. The van der Waals surface area contributed by atoms with Gasteiger partial charge in [-0.15, -0.1) is 0 Å². The first kappa shape index (κ1) is 12.8. The summed E-state index contributed by atoms with van der Waals surface area (Å²) in [4.78, 5) is 12.0. The van der Waals surface area contributed by atoms with E-state index in [1.807, 2.05) is 31.2 Å². The highest BCUT2D eigenvalue weighted by Gasteiger charge is 2.12. The molecule has 0 aliphatic carbocycles. The van der Waals surface area contributed by atoms with E-state index < -0.39 is 5.82 Å². The maximum atomic E-state index is 13.1. The molecule has 1 nitrogen and oxygen atoms in total. The van der Waals surface area contributed by atoms with Crippen LogP contribution in [0.25, 0.3) is 0 Å². The van der Waals surface area contributed by atoms with Crippen LogP contribution in [0, 0.1) is 12.7 Å². The number of carbonyl (C=O) groups excluding carboxylic acids is 1. The zero-order chi connectivity index (χ0) is 13.1. The van der Waals surface area contributed by atoms with Crippen LogP contribution >= 0.6 is 11.6 Å². The Hall–Kier alpha value is -1.67. The van der Waals surface area contributed by atoms with Gasteiger partial charge in [0.15, 0.2) is 5.78 Å². The normalized spacial score (nSPS) is 10.4. The molecule has 2 rings (SSSR count). The molecule has 3 heteroatoms. The second kappa shape index (κ2) is 5.32. The third-order valence-electron chi connectivity index (χ3n) is 2.68. The van der Waals surface area contributed by atoms with Gasteiger partial charge in [0.05, 0.1) is 5.02 Å². The molecule has 0 saturated heterocycles. The summed E-state index contributed by atoms with van der Waals surface area (Å²) in [5.41, 5.74) is 2.23. The number of halogens is 2. The largest absolute Gasteiger partial charge is 0.294 e. The molecule has 2 aromatic carbocycles. The number of Topliss-reactive ketones (excluding diaryl/α,β-unsaturated/α-hetero) is 1. The van der Waals surface area contributed by atoms with Crippen molar-refractivity contribution >= 4 is 17.4 Å². The average Bonchev–Trinajstić information content (AvgIpc) is 2.32. The van der Waals surface area contributed by atoms with E-state index in [4.69, 9.17) is 11.6 Å². The van der Waals surface area contributed by atoms with Gasteiger partial charge in [-0.25, -0.2) is 4.39 Å². The van der Waals surface area contributed by atoms with Gasteiger partial charge in [0, 0.05) is 12.0 Å². The molecule has 0 unspecified atom stereocenters. The average molecular weight is 263 g/mol. The molecule has 0 bridgehead atoms. The molecule has 0 aromatic heterocycles. The van der Waals surface area contributed by atoms with Crippen molar-refractivity contribution < 1.29 is 9.18 Å². The van der Waals surface area contributed by atoms with Crippen molar-refractivity contribution in [2.24, 2.45) is 0 Å². The highest BCUT2D eigenvalue weighted by molar-refractivity contribution is 6.34. The SMILES string of the molecule is Cc1cccc(CC(=O)c2cc(F)ccc2Cl)c1. The molecule has 2 aromatic rings. The minimum atomic E-state index is -0.452. The van der Waals surface area contributed by atoms with E-state index in [0.29, 0.717) is 0 Å². The highest BCUT2D eigenvalue weighted by Crippen LogP contribution is 2.19. The van der Waals surface area contributed by atoms with E-state index in [9.17, 15) is 9.18 Å². The molecule has 0 radical (unpaired) electrons. The van der Waals surface area contributed by atoms with Crippen LogP contribution in [0.1, 0.15) is 21.5 Å². The van der Waals surface area contributed by atoms with Crippen LogP contribution in [0.15, 0.2) is 42.5 Å². The molecule has 0 N–H and O–H groups in total. The first-order chi connectivity index (χ1) is 8.56. The van der Waals surface area contributed by atoms with Crippen LogP contribution in [0.2, 0.25) is 5.02 Å². The van der Waals surface area contributed by atoms with Crippen molar-refractivity contribution in [3.05, 3.63) is 70.0 Å². The van der Waals surface area contributed by atoms with Gasteiger partial charge in [0.1, 0.15) is 5.82 Å². The number of aryl methyl sites for hydroxylation is 1. The van der Waals surface area contributed by atoms with Crippen LogP contribution in [-0.2, 0) is 6.42 Å². The maximum Gasteiger partial charge on any atom is 0.168 e. The molecule has 0 aliphatic heterocycles. The van der Waals surface area contributed by atoms with Gasteiger partial charge in [-0.2, -0.15) is 0 Å². The number of rotatable bonds is 3. The van der Waals surface area contributed by atoms with Crippen molar-refractivity contribution in [3.8, 4) is 0 Å². The fraction of sp³-hybridized carbons (Fsp3) is 0.133. The smallest absolute Gasteiger partial charge is 0.168 e. The van der Waals surface area contributed by atoms with Gasteiger partial charge in [0.2, 0.25) is 0 Å². The van der Waals surface area contributed by atoms with E-state index in [-0.39, 0.29) is 22.8 Å². The maximum absolute atomic E-state index is 13.1. The zero-order valence-corrected chi connectivity index (χ0v) is 10.7.